The number of nitrogens with two attached hydrogens (primary N) is 1. The average molecular weight is 288 g/mol. The summed E-state index contributed by atoms with van der Waals surface area (Å²) in [6.07, 6.45) is 3.87. The lowest BCUT2D eigenvalue weighted by Crippen LogP contribution is -2.29. The number of Topliss-reactive ketones (excluding diaryl/α,β-unsaturated/α-hetero) is 1. The molecule has 1 saturated carbocycles. The molecule has 1 heterocycles. The minimum atomic E-state index is 0.194. The Kier molecular flexibility index (Phi) is 3.59. The van der Waals surface area contributed by atoms with Gasteiger partial charge in [-0.3, -0.25) is 4.79 Å². The third kappa shape index (κ3) is 2.49. The van der Waals surface area contributed by atoms with E-state index in [2.05, 4.69) is 15.9 Å². The normalized spacial score (nSPS) is 26.5. The Labute approximate surface area is 102 Å². The summed E-state index contributed by atoms with van der Waals surface area (Å²) in [6, 6.07) is 2.24. The summed E-state index contributed by atoms with van der Waals surface area (Å²) in [5.74, 6) is 0.489. The Morgan fingerprint density at radius 2 is 2.07 bits per heavy atom. The minimum absolute atomic E-state index is 0.194. The van der Waals surface area contributed by atoms with E-state index < -0.39 is 0 Å². The van der Waals surface area contributed by atoms with Crippen LogP contribution in [0.25, 0.3) is 0 Å². The number of ketones is 1. The molecule has 0 radical (unpaired) electrons. The Hall–Kier alpha value is -0.190. The monoisotopic (exact) mass is 287 g/mol. The fraction of sp³-hybridized carbons (Fsp3) is 0.545. The van der Waals surface area contributed by atoms with Crippen molar-refractivity contribution in [3.63, 3.8) is 0 Å². The summed E-state index contributed by atoms with van der Waals surface area (Å²) < 4.78 is 0.937. The molecule has 2 N–H and O–H groups in total. The van der Waals surface area contributed by atoms with Crippen molar-refractivity contribution in [3.8, 4) is 0 Å². The van der Waals surface area contributed by atoms with E-state index in [1.165, 1.54) is 11.3 Å². The highest BCUT2D eigenvalue weighted by molar-refractivity contribution is 9.10. The van der Waals surface area contributed by atoms with Crippen molar-refractivity contribution >= 4 is 33.0 Å². The largest absolute Gasteiger partial charge is 0.328 e. The molecule has 15 heavy (non-hydrogen) atoms. The summed E-state index contributed by atoms with van der Waals surface area (Å²) in [5.41, 5.74) is 5.83. The lowest BCUT2D eigenvalue weighted by molar-refractivity contribution is 0.0888. The maximum Gasteiger partial charge on any atom is 0.176 e. The molecular formula is C11H14BrNOS. The van der Waals surface area contributed by atoms with Crippen molar-refractivity contribution in [2.45, 2.75) is 31.7 Å². The second kappa shape index (κ2) is 4.76. The van der Waals surface area contributed by atoms with Gasteiger partial charge in [-0.15, -0.1) is 11.3 Å². The van der Waals surface area contributed by atoms with Crippen LogP contribution in [0, 0.1) is 5.92 Å². The molecule has 0 saturated heterocycles. The molecule has 0 atom stereocenters. The van der Waals surface area contributed by atoms with Gasteiger partial charge < -0.3 is 5.73 Å². The van der Waals surface area contributed by atoms with Crippen molar-refractivity contribution in [1.29, 1.82) is 0 Å². The molecule has 0 unspecified atom stereocenters. The topological polar surface area (TPSA) is 43.1 Å². The van der Waals surface area contributed by atoms with Gasteiger partial charge in [-0.2, -0.15) is 0 Å². The molecule has 0 aliphatic heterocycles. The number of carbonyl (C=O) groups excluding carboxylic acids is 1. The van der Waals surface area contributed by atoms with Crippen molar-refractivity contribution in [3.05, 3.63) is 20.8 Å². The van der Waals surface area contributed by atoms with E-state index in [1.807, 2.05) is 11.4 Å². The van der Waals surface area contributed by atoms with Crippen LogP contribution >= 0.6 is 27.3 Å². The highest BCUT2D eigenvalue weighted by Crippen LogP contribution is 2.31. The van der Waals surface area contributed by atoms with E-state index in [0.29, 0.717) is 11.8 Å². The Balaban J connectivity index is 2.06. The molecular weight excluding hydrogens is 274 g/mol. The van der Waals surface area contributed by atoms with Gasteiger partial charge in [0.1, 0.15) is 0 Å². The van der Waals surface area contributed by atoms with Crippen LogP contribution in [0.2, 0.25) is 0 Å². The first-order valence-electron chi connectivity index (χ1n) is 5.21. The molecule has 0 spiro atoms. The third-order valence-corrected chi connectivity index (χ3v) is 4.84. The van der Waals surface area contributed by atoms with Gasteiger partial charge in [-0.25, -0.2) is 0 Å². The SMILES string of the molecule is NC1CCC(C(=O)c2sccc2Br)CC1. The van der Waals surface area contributed by atoms with E-state index >= 15 is 0 Å². The number of hydrogen-bond acceptors (Lipinski definition) is 3. The van der Waals surface area contributed by atoms with Crippen LogP contribution < -0.4 is 5.73 Å². The number of hydrogen-bond donors (Lipinski definition) is 1. The van der Waals surface area contributed by atoms with Gasteiger partial charge >= 0.3 is 0 Å². The molecule has 1 aromatic heterocycles. The molecule has 82 valence electrons. The maximum atomic E-state index is 12.1. The molecule has 0 bridgehead atoms. The maximum absolute atomic E-state index is 12.1. The smallest absolute Gasteiger partial charge is 0.176 e. The predicted molar refractivity (Wildman–Crippen MR) is 66.3 cm³/mol. The second-order valence-electron chi connectivity index (χ2n) is 4.07. The number of carbonyl (C=O) groups is 1. The van der Waals surface area contributed by atoms with Crippen LogP contribution in [0.1, 0.15) is 35.4 Å². The summed E-state index contributed by atoms with van der Waals surface area (Å²) in [4.78, 5) is 13.0. The lowest BCUT2D eigenvalue weighted by Gasteiger charge is -2.24. The van der Waals surface area contributed by atoms with E-state index in [-0.39, 0.29) is 5.92 Å². The van der Waals surface area contributed by atoms with Crippen LogP contribution in [0.4, 0.5) is 0 Å². The van der Waals surface area contributed by atoms with Crippen LogP contribution in [0.3, 0.4) is 0 Å². The summed E-state index contributed by atoms with van der Waals surface area (Å²) in [5, 5.41) is 1.95. The standard InChI is InChI=1S/C11H14BrNOS/c12-9-5-6-15-11(9)10(14)7-1-3-8(13)4-2-7/h5-8H,1-4,13H2. The zero-order chi connectivity index (χ0) is 10.8. The van der Waals surface area contributed by atoms with Crippen LogP contribution in [0.15, 0.2) is 15.9 Å². The average Bonchev–Trinajstić information content (AvgIpc) is 2.65. The summed E-state index contributed by atoms with van der Waals surface area (Å²) >= 11 is 4.93. The van der Waals surface area contributed by atoms with Gasteiger partial charge in [-0.05, 0) is 53.1 Å². The summed E-state index contributed by atoms with van der Waals surface area (Å²) in [7, 11) is 0. The third-order valence-electron chi connectivity index (χ3n) is 2.98. The van der Waals surface area contributed by atoms with Crippen molar-refractivity contribution in [2.75, 3.05) is 0 Å². The fourth-order valence-corrected chi connectivity index (χ4v) is 3.62. The summed E-state index contributed by atoms with van der Waals surface area (Å²) in [6.45, 7) is 0. The molecule has 2 rings (SSSR count). The zero-order valence-corrected chi connectivity index (χ0v) is 10.8. The Morgan fingerprint density at radius 3 is 2.60 bits per heavy atom. The number of rotatable bonds is 2. The van der Waals surface area contributed by atoms with Gasteiger partial charge in [0.15, 0.2) is 5.78 Å². The Bertz CT molecular complexity index is 355. The first kappa shape index (κ1) is 11.3. The molecule has 1 fully saturated rings. The zero-order valence-electron chi connectivity index (χ0n) is 8.41. The quantitative estimate of drug-likeness (QED) is 0.849. The van der Waals surface area contributed by atoms with Gasteiger partial charge in [0.05, 0.1) is 4.88 Å². The van der Waals surface area contributed by atoms with Crippen LogP contribution in [0.5, 0.6) is 0 Å². The number of thiophene rings is 1. The van der Waals surface area contributed by atoms with Gasteiger partial charge in [-0.1, -0.05) is 0 Å². The van der Waals surface area contributed by atoms with Gasteiger partial charge in [0, 0.05) is 16.4 Å². The lowest BCUT2D eigenvalue weighted by atomic mass is 9.83. The van der Waals surface area contributed by atoms with Crippen molar-refractivity contribution in [1.82, 2.24) is 0 Å². The number of halogens is 1. The minimum Gasteiger partial charge on any atom is -0.328 e. The van der Waals surface area contributed by atoms with Gasteiger partial charge in [0.2, 0.25) is 0 Å². The second-order valence-corrected chi connectivity index (χ2v) is 5.84. The van der Waals surface area contributed by atoms with Crippen LogP contribution in [-0.2, 0) is 0 Å². The molecule has 0 aromatic carbocycles. The van der Waals surface area contributed by atoms with E-state index in [4.69, 9.17) is 5.73 Å². The molecule has 4 heteroatoms. The molecule has 0 amide bonds. The van der Waals surface area contributed by atoms with Crippen molar-refractivity contribution in [2.24, 2.45) is 11.7 Å². The fourth-order valence-electron chi connectivity index (χ4n) is 2.04. The predicted octanol–water partition coefficient (Wildman–Crippen LogP) is 3.21. The molecule has 1 aliphatic rings. The molecule has 2 nitrogen and oxygen atoms in total. The van der Waals surface area contributed by atoms with E-state index in [0.717, 1.165) is 35.0 Å². The van der Waals surface area contributed by atoms with Gasteiger partial charge in [0.25, 0.3) is 0 Å². The first-order valence-corrected chi connectivity index (χ1v) is 6.88. The van der Waals surface area contributed by atoms with Crippen LogP contribution in [-0.4, -0.2) is 11.8 Å². The molecule has 1 aliphatic carbocycles. The van der Waals surface area contributed by atoms with E-state index in [1.54, 1.807) is 0 Å². The molecule has 1 aromatic rings. The Morgan fingerprint density at radius 1 is 1.40 bits per heavy atom. The van der Waals surface area contributed by atoms with Crippen molar-refractivity contribution < 1.29 is 4.79 Å². The highest BCUT2D eigenvalue weighted by atomic mass is 79.9. The highest BCUT2D eigenvalue weighted by Gasteiger charge is 2.27. The van der Waals surface area contributed by atoms with E-state index in [9.17, 15) is 4.79 Å². The first-order chi connectivity index (χ1) is 7.18.